The third-order valence-corrected chi connectivity index (χ3v) is 5.55. The van der Waals surface area contributed by atoms with Crippen molar-refractivity contribution in [2.45, 2.75) is 38.1 Å². The van der Waals surface area contributed by atoms with Gasteiger partial charge in [-0.15, -0.1) is 0 Å². The van der Waals surface area contributed by atoms with Crippen molar-refractivity contribution in [3.05, 3.63) is 40.3 Å². The van der Waals surface area contributed by atoms with Crippen molar-refractivity contribution in [2.75, 3.05) is 0 Å². The van der Waals surface area contributed by atoms with Crippen molar-refractivity contribution >= 4 is 46.3 Å². The summed E-state index contributed by atoms with van der Waals surface area (Å²) in [5.41, 5.74) is 1.04. The standard InChI is InChI=1S/C17H17NO3S2/c19-15-14(10-11-6-8-12(9-7-11)16(20)21)23-17(22)18(15)13-4-2-1-3-5-13/h6-10,13H,1-5H2,(H,20,21)/b14-10+. The predicted octanol–water partition coefficient (Wildman–Crippen LogP) is 3.92. The van der Waals surface area contributed by atoms with Gasteiger partial charge in [-0.05, 0) is 36.6 Å². The third kappa shape index (κ3) is 3.48. The molecule has 1 aliphatic carbocycles. The number of nitrogens with zero attached hydrogens (tertiary/aromatic N) is 1. The predicted molar refractivity (Wildman–Crippen MR) is 95.3 cm³/mol. The van der Waals surface area contributed by atoms with Crippen LogP contribution in [0.4, 0.5) is 0 Å². The molecule has 1 N–H and O–H groups in total. The lowest BCUT2D eigenvalue weighted by molar-refractivity contribution is -0.124. The fraction of sp³-hybridized carbons (Fsp3) is 0.353. The molecule has 0 unspecified atom stereocenters. The summed E-state index contributed by atoms with van der Waals surface area (Å²) in [7, 11) is 0. The lowest BCUT2D eigenvalue weighted by atomic mass is 9.94. The molecular formula is C17H17NO3S2. The van der Waals surface area contributed by atoms with E-state index in [1.54, 1.807) is 23.1 Å². The summed E-state index contributed by atoms with van der Waals surface area (Å²) < 4.78 is 0.635. The summed E-state index contributed by atoms with van der Waals surface area (Å²) in [6, 6.07) is 6.72. The number of hydrogen-bond donors (Lipinski definition) is 1. The van der Waals surface area contributed by atoms with E-state index < -0.39 is 5.97 Å². The molecule has 3 rings (SSSR count). The van der Waals surface area contributed by atoms with E-state index in [0.717, 1.165) is 31.2 Å². The molecule has 4 nitrogen and oxygen atoms in total. The van der Waals surface area contributed by atoms with E-state index in [1.807, 2.05) is 0 Å². The topological polar surface area (TPSA) is 57.6 Å². The lowest BCUT2D eigenvalue weighted by Crippen LogP contribution is -2.39. The number of rotatable bonds is 3. The molecule has 0 spiro atoms. The molecule has 1 heterocycles. The maximum absolute atomic E-state index is 12.6. The maximum atomic E-state index is 12.6. The highest BCUT2D eigenvalue weighted by molar-refractivity contribution is 8.26. The number of thiocarbonyl (C=S) groups is 1. The number of thioether (sulfide) groups is 1. The van der Waals surface area contributed by atoms with Gasteiger partial charge < -0.3 is 5.11 Å². The minimum Gasteiger partial charge on any atom is -0.478 e. The number of carboxylic acids is 1. The molecule has 1 amide bonds. The van der Waals surface area contributed by atoms with E-state index in [0.29, 0.717) is 9.23 Å². The molecule has 0 bridgehead atoms. The average molecular weight is 347 g/mol. The van der Waals surface area contributed by atoms with Crippen molar-refractivity contribution < 1.29 is 14.7 Å². The zero-order valence-corrected chi connectivity index (χ0v) is 14.2. The van der Waals surface area contributed by atoms with E-state index in [4.69, 9.17) is 17.3 Å². The normalized spacial score (nSPS) is 21.2. The van der Waals surface area contributed by atoms with Crippen LogP contribution in [-0.2, 0) is 4.79 Å². The average Bonchev–Trinajstić information content (AvgIpc) is 2.82. The Morgan fingerprint density at radius 3 is 2.48 bits per heavy atom. The fourth-order valence-electron chi connectivity index (χ4n) is 3.01. The maximum Gasteiger partial charge on any atom is 0.335 e. The SMILES string of the molecule is O=C(O)c1ccc(/C=C2/SC(=S)N(C3CCCCC3)C2=O)cc1. The Morgan fingerprint density at radius 2 is 1.87 bits per heavy atom. The Kier molecular flexibility index (Phi) is 4.82. The van der Waals surface area contributed by atoms with Gasteiger partial charge in [0, 0.05) is 6.04 Å². The molecule has 1 aliphatic heterocycles. The number of hydrogen-bond acceptors (Lipinski definition) is 4. The minimum atomic E-state index is -0.958. The summed E-state index contributed by atoms with van der Waals surface area (Å²) in [4.78, 5) is 25.9. The second-order valence-corrected chi connectivity index (χ2v) is 7.45. The summed E-state index contributed by atoms with van der Waals surface area (Å²) in [6.45, 7) is 0. The van der Waals surface area contributed by atoms with E-state index in [2.05, 4.69) is 0 Å². The van der Waals surface area contributed by atoms with Crippen LogP contribution in [0.5, 0.6) is 0 Å². The van der Waals surface area contributed by atoms with Crippen LogP contribution in [0.15, 0.2) is 29.2 Å². The van der Waals surface area contributed by atoms with Crippen molar-refractivity contribution in [1.29, 1.82) is 0 Å². The number of amides is 1. The van der Waals surface area contributed by atoms with Crippen LogP contribution >= 0.6 is 24.0 Å². The van der Waals surface area contributed by atoms with Crippen LogP contribution < -0.4 is 0 Å². The Labute approximate surface area is 144 Å². The first-order chi connectivity index (χ1) is 11.1. The molecule has 1 aromatic carbocycles. The van der Waals surface area contributed by atoms with Crippen molar-refractivity contribution in [1.82, 2.24) is 4.90 Å². The highest BCUT2D eigenvalue weighted by Crippen LogP contribution is 2.37. The smallest absolute Gasteiger partial charge is 0.335 e. The second kappa shape index (κ2) is 6.84. The first-order valence-electron chi connectivity index (χ1n) is 7.66. The molecular weight excluding hydrogens is 330 g/mol. The molecule has 2 aliphatic rings. The zero-order valence-electron chi connectivity index (χ0n) is 12.5. The Hall–Kier alpha value is -1.66. The first kappa shape index (κ1) is 16.2. The molecule has 1 saturated heterocycles. The van der Waals surface area contributed by atoms with Crippen LogP contribution in [0, 0.1) is 0 Å². The minimum absolute atomic E-state index is 0.0192. The van der Waals surface area contributed by atoms with Gasteiger partial charge in [-0.3, -0.25) is 9.69 Å². The number of benzene rings is 1. The first-order valence-corrected chi connectivity index (χ1v) is 8.89. The summed E-state index contributed by atoms with van der Waals surface area (Å²) in [6.07, 6.45) is 7.36. The third-order valence-electron chi connectivity index (χ3n) is 4.22. The van der Waals surface area contributed by atoms with Gasteiger partial charge in [-0.2, -0.15) is 0 Å². The monoisotopic (exact) mass is 347 g/mol. The molecule has 1 saturated carbocycles. The molecule has 23 heavy (non-hydrogen) atoms. The second-order valence-electron chi connectivity index (χ2n) is 5.77. The quantitative estimate of drug-likeness (QED) is 0.663. The fourth-order valence-corrected chi connectivity index (χ4v) is 4.41. The number of carboxylic acid groups (broad SMARTS) is 1. The Balaban J connectivity index is 1.79. The van der Waals surface area contributed by atoms with Crippen LogP contribution in [0.3, 0.4) is 0 Å². The van der Waals surface area contributed by atoms with E-state index in [-0.39, 0.29) is 17.5 Å². The number of aromatic carboxylic acids is 1. The largest absolute Gasteiger partial charge is 0.478 e. The molecule has 1 aromatic rings. The van der Waals surface area contributed by atoms with Crippen LogP contribution in [0.2, 0.25) is 0 Å². The van der Waals surface area contributed by atoms with Gasteiger partial charge in [0.05, 0.1) is 10.5 Å². The van der Waals surface area contributed by atoms with Crippen LogP contribution in [0.25, 0.3) is 6.08 Å². The molecule has 120 valence electrons. The summed E-state index contributed by atoms with van der Waals surface area (Å²) >= 11 is 6.73. The lowest BCUT2D eigenvalue weighted by Gasteiger charge is -2.29. The van der Waals surface area contributed by atoms with Crippen LogP contribution in [-0.4, -0.2) is 32.2 Å². The Bertz CT molecular complexity index is 676. The number of carbonyl (C=O) groups excluding carboxylic acids is 1. The highest BCUT2D eigenvalue weighted by Gasteiger charge is 2.37. The zero-order chi connectivity index (χ0) is 16.4. The van der Waals surface area contributed by atoms with Gasteiger partial charge in [0.15, 0.2) is 0 Å². The van der Waals surface area contributed by atoms with Gasteiger partial charge >= 0.3 is 5.97 Å². The van der Waals surface area contributed by atoms with Gasteiger partial charge in [-0.1, -0.05) is 55.4 Å². The molecule has 0 atom stereocenters. The Morgan fingerprint density at radius 1 is 1.22 bits per heavy atom. The van der Waals surface area contributed by atoms with Gasteiger partial charge in [0.25, 0.3) is 5.91 Å². The van der Waals surface area contributed by atoms with E-state index in [1.165, 1.54) is 30.3 Å². The van der Waals surface area contributed by atoms with Crippen LogP contribution in [0.1, 0.15) is 48.0 Å². The van der Waals surface area contributed by atoms with Gasteiger partial charge in [-0.25, -0.2) is 4.79 Å². The van der Waals surface area contributed by atoms with Crippen molar-refractivity contribution in [2.24, 2.45) is 0 Å². The summed E-state index contributed by atoms with van der Waals surface area (Å²) in [5.74, 6) is -0.977. The number of carbonyl (C=O) groups is 2. The molecule has 0 radical (unpaired) electrons. The highest BCUT2D eigenvalue weighted by atomic mass is 32.2. The van der Waals surface area contributed by atoms with Crippen molar-refractivity contribution in [3.63, 3.8) is 0 Å². The molecule has 2 fully saturated rings. The van der Waals surface area contributed by atoms with Crippen molar-refractivity contribution in [3.8, 4) is 0 Å². The van der Waals surface area contributed by atoms with E-state index in [9.17, 15) is 9.59 Å². The summed E-state index contributed by atoms with van der Waals surface area (Å²) in [5, 5.41) is 8.92. The molecule has 0 aromatic heterocycles. The molecule has 6 heteroatoms. The van der Waals surface area contributed by atoms with E-state index >= 15 is 0 Å². The van der Waals surface area contributed by atoms with Gasteiger partial charge in [0.1, 0.15) is 4.32 Å². The van der Waals surface area contributed by atoms with Gasteiger partial charge in [0.2, 0.25) is 0 Å².